The Morgan fingerprint density at radius 3 is 1.19 bits per heavy atom. The van der Waals surface area contributed by atoms with E-state index in [1.54, 1.807) is 97.1 Å². The first-order valence-electron chi connectivity index (χ1n) is 17.3. The van der Waals surface area contributed by atoms with Crippen molar-refractivity contribution in [1.82, 2.24) is 4.86 Å². The van der Waals surface area contributed by atoms with E-state index in [2.05, 4.69) is 4.86 Å². The van der Waals surface area contributed by atoms with Gasteiger partial charge in [0.15, 0.2) is 11.5 Å². The van der Waals surface area contributed by atoms with Gasteiger partial charge in [0, 0.05) is 12.8 Å². The van der Waals surface area contributed by atoms with Gasteiger partial charge in [-0.2, -0.15) is 4.86 Å². The van der Waals surface area contributed by atoms with Gasteiger partial charge in [-0.05, 0) is 75.5 Å². The molecule has 58 heavy (non-hydrogen) atoms. The van der Waals surface area contributed by atoms with Gasteiger partial charge >= 0.3 is 38.2 Å². The van der Waals surface area contributed by atoms with Gasteiger partial charge in [0.05, 0.1) is 48.3 Å². The summed E-state index contributed by atoms with van der Waals surface area (Å²) >= 11 is 14.3. The van der Waals surface area contributed by atoms with Crippen LogP contribution in [-0.2, 0) is 12.8 Å². The maximum atomic E-state index is 13.9. The highest BCUT2D eigenvalue weighted by Crippen LogP contribution is 2.83. The number of halogens is 2. The SMILES string of the molecule is O=c1oc2ccccc2c2c1Cc1c(c3ccccc3oc1=O)OP1(=N[P+]3(N=P(Cl)(Cl)N1)Oc1c(c(=O)oc4ccccc14)Cc1c(c4ccccc4oc1=O)O3)O2. The number of rotatable bonds is 0. The minimum atomic E-state index is -4.52. The molecule has 0 bridgehead atoms. The normalized spacial score (nSPS) is 17.1. The van der Waals surface area contributed by atoms with E-state index in [9.17, 15) is 19.2 Å². The largest absolute Gasteiger partial charge is 0.630 e. The monoisotopic (exact) mass is 874 g/mol. The van der Waals surface area contributed by atoms with Crippen LogP contribution in [0.3, 0.4) is 0 Å². The second-order valence-electron chi connectivity index (χ2n) is 13.3. The Morgan fingerprint density at radius 2 is 0.810 bits per heavy atom. The molecule has 3 aliphatic heterocycles. The Morgan fingerprint density at radius 1 is 0.483 bits per heavy atom. The molecule has 0 radical (unpaired) electrons. The number of nitrogens with one attached hydrogen (secondary N) is 1. The molecule has 0 saturated heterocycles. The van der Waals surface area contributed by atoms with E-state index < -0.39 is 44.1 Å². The third-order valence-electron chi connectivity index (χ3n) is 9.68. The van der Waals surface area contributed by atoms with Gasteiger partial charge in [-0.1, -0.05) is 48.5 Å². The number of benzene rings is 4. The van der Waals surface area contributed by atoms with Crippen LogP contribution in [0, 0.1) is 0 Å². The molecule has 0 fully saturated rings. The topological polar surface area (TPSA) is 195 Å². The molecule has 288 valence electrons. The van der Waals surface area contributed by atoms with Crippen LogP contribution >= 0.6 is 44.1 Å². The number of hydrogen-bond acceptors (Lipinski definition) is 15. The highest BCUT2D eigenvalue weighted by atomic mass is 35.9. The quantitative estimate of drug-likeness (QED) is 0.112. The Hall–Kier alpha value is -5.65. The maximum absolute atomic E-state index is 13.9. The summed E-state index contributed by atoms with van der Waals surface area (Å²) in [4.78, 5) is 58.4. The van der Waals surface area contributed by atoms with Crippen LogP contribution in [0.15, 0.2) is 143 Å². The summed E-state index contributed by atoms with van der Waals surface area (Å²) in [5, 5.41) is 1.24. The summed E-state index contributed by atoms with van der Waals surface area (Å²) in [6, 6.07) is 26.3. The van der Waals surface area contributed by atoms with E-state index in [1.807, 2.05) is 0 Å². The third-order valence-corrected chi connectivity index (χ3v) is 19.6. The fourth-order valence-corrected chi connectivity index (χ4v) is 18.6. The van der Waals surface area contributed by atoms with Crippen molar-refractivity contribution in [2.24, 2.45) is 9.03 Å². The van der Waals surface area contributed by atoms with Crippen molar-refractivity contribution in [3.8, 4) is 23.0 Å². The lowest BCUT2D eigenvalue weighted by atomic mass is 10.0. The Bertz CT molecular complexity index is 3320. The molecule has 7 heterocycles. The molecule has 8 aromatic rings. The first-order chi connectivity index (χ1) is 28.0. The van der Waals surface area contributed by atoms with Gasteiger partial charge < -0.3 is 26.7 Å². The third kappa shape index (κ3) is 5.57. The van der Waals surface area contributed by atoms with Crippen LogP contribution in [-0.4, -0.2) is 0 Å². The average Bonchev–Trinajstić information content (AvgIpc) is 3.17. The van der Waals surface area contributed by atoms with Crippen LogP contribution < -0.4 is 45.5 Å². The van der Waals surface area contributed by atoms with Gasteiger partial charge in [-0.3, -0.25) is 9.05 Å². The van der Waals surface area contributed by atoms with Crippen molar-refractivity contribution in [2.45, 2.75) is 12.8 Å². The van der Waals surface area contributed by atoms with Crippen molar-refractivity contribution in [3.05, 3.63) is 161 Å². The molecule has 4 aromatic carbocycles. The van der Waals surface area contributed by atoms with Crippen molar-refractivity contribution < 1.29 is 35.8 Å². The minimum absolute atomic E-state index is 0.0620. The molecule has 3 aliphatic rings. The van der Waals surface area contributed by atoms with E-state index in [0.717, 1.165) is 0 Å². The molecule has 1 N–H and O–H groups in total. The fourth-order valence-electron chi connectivity index (χ4n) is 7.19. The van der Waals surface area contributed by atoms with Crippen LogP contribution in [0.2, 0.25) is 0 Å². The summed E-state index contributed by atoms with van der Waals surface area (Å²) in [5.41, 5.74) is -2.94. The lowest BCUT2D eigenvalue weighted by Gasteiger charge is -2.33. The van der Waals surface area contributed by atoms with Gasteiger partial charge in [-0.15, -0.1) is 0 Å². The molecule has 0 unspecified atom stereocenters. The van der Waals surface area contributed by atoms with Crippen LogP contribution in [0.4, 0.5) is 0 Å². The van der Waals surface area contributed by atoms with Gasteiger partial charge in [0.1, 0.15) is 22.3 Å². The number of fused-ring (bicyclic) bond motifs is 12. The van der Waals surface area contributed by atoms with Crippen molar-refractivity contribution in [3.63, 3.8) is 0 Å². The summed E-state index contributed by atoms with van der Waals surface area (Å²) in [6.07, 6.45) is -0.655. The summed E-state index contributed by atoms with van der Waals surface area (Å²) < 4.78 is 60.0. The Kier molecular flexibility index (Phi) is 7.76. The van der Waals surface area contributed by atoms with E-state index in [1.165, 1.54) is 0 Å². The van der Waals surface area contributed by atoms with E-state index in [-0.39, 0.29) is 80.4 Å². The molecule has 0 saturated carbocycles. The molecule has 20 heteroatoms. The minimum Gasteiger partial charge on any atom is -0.422 e. The molecule has 2 spiro atoms. The second-order valence-corrected chi connectivity index (χ2v) is 22.7. The number of para-hydroxylation sites is 4. The van der Waals surface area contributed by atoms with Crippen molar-refractivity contribution >= 4 is 87.9 Å². The van der Waals surface area contributed by atoms with Gasteiger partial charge in [-0.25, -0.2) is 19.2 Å². The molecular weight excluding hydrogens is 854 g/mol. The van der Waals surface area contributed by atoms with Crippen molar-refractivity contribution in [2.75, 3.05) is 0 Å². The standard InChI is InChI=1S/C38H21Cl2N3O12P3/c39-56(40)41-57(52-31-19-9-1-5-13-27(19)48-35(44)23(31)17-24-32(53-57)20-10-2-6-14-28(20)49-36(24)45)43-58(42-56)54-33-21-11-3-7-15-29(21)50-37(46)25(33)18-26-34(55-58)22-12-4-8-16-30(22)51-38(26)47/h1-16,41H,17-18H2/q+1. The summed E-state index contributed by atoms with van der Waals surface area (Å²) in [5.74, 6) is -4.27. The maximum Gasteiger partial charge on any atom is 0.630 e. The lowest BCUT2D eigenvalue weighted by Crippen LogP contribution is -2.26. The smallest absolute Gasteiger partial charge is 0.422 e. The van der Waals surface area contributed by atoms with Crippen LogP contribution in [0.5, 0.6) is 23.0 Å². The summed E-state index contributed by atoms with van der Waals surface area (Å²) in [7, 11) is -8.94. The van der Waals surface area contributed by atoms with Gasteiger partial charge in [0.25, 0.3) is 5.91 Å². The molecule has 4 aromatic heterocycles. The number of hydrogen-bond donors (Lipinski definition) is 1. The zero-order valence-corrected chi connectivity index (χ0v) is 33.2. The number of nitrogens with zero attached hydrogens (tertiary/aromatic N) is 2. The highest BCUT2D eigenvalue weighted by molar-refractivity contribution is 8.14. The van der Waals surface area contributed by atoms with E-state index in [4.69, 9.17) is 67.3 Å². The fraction of sp³-hybridized carbons (Fsp3) is 0.0526. The first-order valence-corrected chi connectivity index (χ1v) is 24.0. The zero-order chi connectivity index (χ0) is 39.6. The van der Waals surface area contributed by atoms with Gasteiger partial charge in [0.2, 0.25) is 11.5 Å². The second kappa shape index (κ2) is 12.7. The average molecular weight is 875 g/mol. The molecule has 11 rings (SSSR count). The molecule has 15 nitrogen and oxygen atoms in total. The van der Waals surface area contributed by atoms with E-state index >= 15 is 0 Å². The zero-order valence-electron chi connectivity index (χ0n) is 29.0. The van der Waals surface area contributed by atoms with E-state index in [0.29, 0.717) is 21.5 Å². The first kappa shape index (κ1) is 35.5. The molecule has 0 aliphatic carbocycles. The molecule has 0 atom stereocenters. The summed E-state index contributed by atoms with van der Waals surface area (Å²) in [6.45, 7) is 0. The predicted molar refractivity (Wildman–Crippen MR) is 219 cm³/mol. The Balaban J connectivity index is 1.29. The highest BCUT2D eigenvalue weighted by Gasteiger charge is 2.62. The molecular formula is C38H21Cl2N3O12P3+. The Labute approximate surface area is 333 Å². The molecule has 0 amide bonds. The van der Waals surface area contributed by atoms with Crippen LogP contribution in [0.1, 0.15) is 22.3 Å². The van der Waals surface area contributed by atoms with Crippen LogP contribution in [0.25, 0.3) is 43.9 Å². The predicted octanol–water partition coefficient (Wildman–Crippen LogP) is 10.2. The lowest BCUT2D eigenvalue weighted by molar-refractivity contribution is 0.428. The van der Waals surface area contributed by atoms with Crippen molar-refractivity contribution in [1.29, 1.82) is 0 Å².